The third kappa shape index (κ3) is 6.03. The number of rotatable bonds is 8. The van der Waals surface area contributed by atoms with E-state index in [-0.39, 0.29) is 11.7 Å². The maximum atomic E-state index is 12.8. The summed E-state index contributed by atoms with van der Waals surface area (Å²) in [5.74, 6) is -0.155. The predicted octanol–water partition coefficient (Wildman–Crippen LogP) is 3.57. The Morgan fingerprint density at radius 3 is 2.17 bits per heavy atom. The number of aryl methyl sites for hydroxylation is 1. The summed E-state index contributed by atoms with van der Waals surface area (Å²) in [7, 11) is 4.03. The number of anilines is 1. The molecular weight excluding hydrogens is 303 g/mol. The highest BCUT2D eigenvalue weighted by molar-refractivity contribution is 5.75. The summed E-state index contributed by atoms with van der Waals surface area (Å²) in [5.41, 5.74) is 3.45. The van der Waals surface area contributed by atoms with Crippen molar-refractivity contribution in [3.8, 4) is 0 Å². The molecule has 0 spiro atoms. The molecule has 2 rings (SSSR count). The molecule has 24 heavy (non-hydrogen) atoms. The van der Waals surface area contributed by atoms with Crippen LogP contribution < -0.4 is 10.2 Å². The van der Waals surface area contributed by atoms with Gasteiger partial charge in [-0.2, -0.15) is 0 Å². The van der Waals surface area contributed by atoms with E-state index in [0.29, 0.717) is 13.0 Å². The van der Waals surface area contributed by atoms with Gasteiger partial charge in [-0.15, -0.1) is 0 Å². The zero-order valence-electron chi connectivity index (χ0n) is 14.4. The number of amides is 1. The van der Waals surface area contributed by atoms with Crippen LogP contribution in [0.15, 0.2) is 48.5 Å². The van der Waals surface area contributed by atoms with Crippen LogP contribution >= 0.6 is 0 Å². The van der Waals surface area contributed by atoms with Crippen LogP contribution in [-0.2, 0) is 17.6 Å². The van der Waals surface area contributed by atoms with E-state index < -0.39 is 0 Å². The van der Waals surface area contributed by atoms with Gasteiger partial charge in [0.1, 0.15) is 5.82 Å². The number of carbonyl (C=O) groups is 1. The van der Waals surface area contributed by atoms with Crippen LogP contribution in [0.2, 0.25) is 0 Å². The Morgan fingerprint density at radius 2 is 1.54 bits per heavy atom. The van der Waals surface area contributed by atoms with Crippen molar-refractivity contribution < 1.29 is 9.18 Å². The molecule has 0 bridgehead atoms. The van der Waals surface area contributed by atoms with Crippen LogP contribution in [0.25, 0.3) is 0 Å². The minimum absolute atomic E-state index is 0.0713. The van der Waals surface area contributed by atoms with Gasteiger partial charge in [-0.1, -0.05) is 24.3 Å². The van der Waals surface area contributed by atoms with E-state index in [1.54, 1.807) is 12.1 Å². The average Bonchev–Trinajstić information content (AvgIpc) is 2.57. The Balaban J connectivity index is 1.63. The largest absolute Gasteiger partial charge is 0.378 e. The molecule has 128 valence electrons. The Hall–Kier alpha value is -2.36. The van der Waals surface area contributed by atoms with Gasteiger partial charge in [-0.05, 0) is 54.7 Å². The van der Waals surface area contributed by atoms with Gasteiger partial charge in [0.25, 0.3) is 0 Å². The number of nitrogens with one attached hydrogen (secondary N) is 1. The second-order valence-corrected chi connectivity index (χ2v) is 6.14. The molecule has 2 aromatic carbocycles. The fourth-order valence-corrected chi connectivity index (χ4v) is 2.50. The first-order chi connectivity index (χ1) is 11.5. The van der Waals surface area contributed by atoms with Crippen LogP contribution in [-0.4, -0.2) is 26.5 Å². The van der Waals surface area contributed by atoms with Crippen LogP contribution in [0.4, 0.5) is 10.1 Å². The third-order valence-corrected chi connectivity index (χ3v) is 3.97. The van der Waals surface area contributed by atoms with E-state index in [2.05, 4.69) is 34.5 Å². The molecule has 0 aliphatic carbocycles. The number of benzene rings is 2. The number of halogens is 1. The lowest BCUT2D eigenvalue weighted by molar-refractivity contribution is -0.121. The van der Waals surface area contributed by atoms with Gasteiger partial charge in [0, 0.05) is 32.7 Å². The molecule has 0 fully saturated rings. The monoisotopic (exact) mass is 328 g/mol. The fourth-order valence-electron chi connectivity index (χ4n) is 2.50. The standard InChI is InChI=1S/C20H25FN2O/c1-23(2)19-12-8-17(9-13-19)14-15-22-20(24)5-3-4-16-6-10-18(21)11-7-16/h6-13H,3-5,14-15H2,1-2H3,(H,22,24). The van der Waals surface area contributed by atoms with Gasteiger partial charge in [-0.3, -0.25) is 4.79 Å². The van der Waals surface area contributed by atoms with E-state index in [1.807, 2.05) is 14.1 Å². The maximum Gasteiger partial charge on any atom is 0.220 e. The normalized spacial score (nSPS) is 10.5. The summed E-state index contributed by atoms with van der Waals surface area (Å²) in [6.07, 6.45) is 2.89. The smallest absolute Gasteiger partial charge is 0.220 e. The summed E-state index contributed by atoms with van der Waals surface area (Å²) >= 11 is 0. The summed E-state index contributed by atoms with van der Waals surface area (Å²) in [5, 5.41) is 2.95. The number of hydrogen-bond donors (Lipinski definition) is 1. The summed E-state index contributed by atoms with van der Waals surface area (Å²) in [6, 6.07) is 14.8. The van der Waals surface area contributed by atoms with Crippen molar-refractivity contribution in [2.75, 3.05) is 25.5 Å². The van der Waals surface area contributed by atoms with Crippen LogP contribution in [0, 0.1) is 5.82 Å². The summed E-state index contributed by atoms with van der Waals surface area (Å²) < 4.78 is 12.8. The maximum absolute atomic E-state index is 12.8. The van der Waals surface area contributed by atoms with Gasteiger partial charge < -0.3 is 10.2 Å². The second kappa shape index (κ2) is 9.06. The molecule has 4 heteroatoms. The summed E-state index contributed by atoms with van der Waals surface area (Å²) in [4.78, 5) is 13.9. The second-order valence-electron chi connectivity index (χ2n) is 6.14. The zero-order chi connectivity index (χ0) is 17.4. The van der Waals surface area contributed by atoms with E-state index in [9.17, 15) is 9.18 Å². The lowest BCUT2D eigenvalue weighted by atomic mass is 10.1. The molecule has 0 saturated heterocycles. The molecule has 0 saturated carbocycles. The minimum Gasteiger partial charge on any atom is -0.378 e. The molecule has 0 heterocycles. The first-order valence-electron chi connectivity index (χ1n) is 8.32. The number of nitrogens with zero attached hydrogens (tertiary/aromatic N) is 1. The molecule has 1 amide bonds. The minimum atomic E-state index is -0.227. The van der Waals surface area contributed by atoms with Crippen LogP contribution in [0.3, 0.4) is 0 Å². The topological polar surface area (TPSA) is 32.3 Å². The Labute approximate surface area is 143 Å². The van der Waals surface area contributed by atoms with Gasteiger partial charge in [0.2, 0.25) is 5.91 Å². The van der Waals surface area contributed by atoms with Gasteiger partial charge in [-0.25, -0.2) is 4.39 Å². The molecule has 0 aliphatic heterocycles. The van der Waals surface area contributed by atoms with Crippen LogP contribution in [0.5, 0.6) is 0 Å². The quantitative estimate of drug-likeness (QED) is 0.803. The molecule has 3 nitrogen and oxygen atoms in total. The van der Waals surface area contributed by atoms with Crippen molar-refractivity contribution in [3.05, 3.63) is 65.5 Å². The fraction of sp³-hybridized carbons (Fsp3) is 0.350. The van der Waals surface area contributed by atoms with E-state index in [4.69, 9.17) is 0 Å². The Bertz CT molecular complexity index is 636. The van der Waals surface area contributed by atoms with Crippen molar-refractivity contribution in [2.45, 2.75) is 25.7 Å². The summed E-state index contributed by atoms with van der Waals surface area (Å²) in [6.45, 7) is 0.649. The van der Waals surface area contributed by atoms with Gasteiger partial charge >= 0.3 is 0 Å². The molecular formula is C20H25FN2O. The van der Waals surface area contributed by atoms with Crippen molar-refractivity contribution in [1.82, 2.24) is 5.32 Å². The van der Waals surface area contributed by atoms with E-state index in [0.717, 1.165) is 24.8 Å². The highest BCUT2D eigenvalue weighted by atomic mass is 19.1. The van der Waals surface area contributed by atoms with E-state index in [1.165, 1.54) is 23.4 Å². The molecule has 0 aromatic heterocycles. The Kier molecular flexibility index (Phi) is 6.79. The van der Waals surface area contributed by atoms with Gasteiger partial charge in [0.15, 0.2) is 0 Å². The molecule has 0 atom stereocenters. The molecule has 1 N–H and O–H groups in total. The predicted molar refractivity (Wildman–Crippen MR) is 96.8 cm³/mol. The first kappa shape index (κ1) is 18.0. The Morgan fingerprint density at radius 1 is 0.958 bits per heavy atom. The van der Waals surface area contributed by atoms with Crippen molar-refractivity contribution >= 4 is 11.6 Å². The average molecular weight is 328 g/mol. The van der Waals surface area contributed by atoms with Crippen molar-refractivity contribution in [3.63, 3.8) is 0 Å². The lowest BCUT2D eigenvalue weighted by Gasteiger charge is -2.12. The van der Waals surface area contributed by atoms with Gasteiger partial charge in [0.05, 0.1) is 0 Å². The molecule has 0 radical (unpaired) electrons. The SMILES string of the molecule is CN(C)c1ccc(CCNC(=O)CCCc2ccc(F)cc2)cc1. The highest BCUT2D eigenvalue weighted by Crippen LogP contribution is 2.12. The van der Waals surface area contributed by atoms with Crippen LogP contribution in [0.1, 0.15) is 24.0 Å². The molecule has 0 unspecified atom stereocenters. The molecule has 0 aliphatic rings. The highest BCUT2D eigenvalue weighted by Gasteiger charge is 2.02. The lowest BCUT2D eigenvalue weighted by Crippen LogP contribution is -2.25. The molecule has 2 aromatic rings. The van der Waals surface area contributed by atoms with E-state index >= 15 is 0 Å². The third-order valence-electron chi connectivity index (χ3n) is 3.97. The van der Waals surface area contributed by atoms with Crippen molar-refractivity contribution in [1.29, 1.82) is 0 Å². The number of hydrogen-bond acceptors (Lipinski definition) is 2. The number of carbonyl (C=O) groups excluding carboxylic acids is 1. The van der Waals surface area contributed by atoms with Crippen molar-refractivity contribution in [2.24, 2.45) is 0 Å². The zero-order valence-corrected chi connectivity index (χ0v) is 14.4. The first-order valence-corrected chi connectivity index (χ1v) is 8.32.